The van der Waals surface area contributed by atoms with E-state index < -0.39 is 16.1 Å². The highest BCUT2D eigenvalue weighted by Crippen LogP contribution is 2.21. The molecule has 0 aromatic heterocycles. The van der Waals surface area contributed by atoms with Crippen molar-refractivity contribution in [2.45, 2.75) is 65.5 Å². The summed E-state index contributed by atoms with van der Waals surface area (Å²) in [6.07, 6.45) is 3.89. The minimum absolute atomic E-state index is 0.112. The van der Waals surface area contributed by atoms with E-state index in [1.165, 1.54) is 10.6 Å². The number of carbonyl (C=O) groups is 2. The molecule has 2 aromatic rings. The maximum Gasteiger partial charge on any atom is 0.242 e. The third-order valence-electron chi connectivity index (χ3n) is 6.14. The number of hydrogen-bond donors (Lipinski definition) is 1. The lowest BCUT2D eigenvalue weighted by Gasteiger charge is -2.31. The van der Waals surface area contributed by atoms with Gasteiger partial charge in [-0.2, -0.15) is 0 Å². The molecule has 1 N–H and O–H groups in total. The molecule has 0 radical (unpaired) electrons. The zero-order chi connectivity index (χ0) is 27.4. The van der Waals surface area contributed by atoms with E-state index in [1.54, 1.807) is 18.1 Å². The number of unbranched alkanes of at least 4 members (excludes halogenated alkanes) is 1. The third kappa shape index (κ3) is 9.39. The van der Waals surface area contributed by atoms with E-state index in [1.807, 2.05) is 56.3 Å². The van der Waals surface area contributed by atoms with Gasteiger partial charge in [0.05, 0.1) is 19.1 Å². The third-order valence-corrected chi connectivity index (χ3v) is 7.34. The molecule has 1 unspecified atom stereocenters. The van der Waals surface area contributed by atoms with Gasteiger partial charge in [-0.1, -0.05) is 44.5 Å². The lowest BCUT2D eigenvalue weighted by molar-refractivity contribution is -0.141. The molecule has 2 amide bonds. The average molecular weight is 532 g/mol. The molecular formula is C28H41N3O5S. The molecule has 0 fully saturated rings. The first-order valence-corrected chi connectivity index (χ1v) is 14.7. The number of carbonyl (C=O) groups excluding carboxylic acids is 2. The number of amides is 2. The molecule has 1 atom stereocenters. The van der Waals surface area contributed by atoms with E-state index >= 15 is 0 Å². The second kappa shape index (κ2) is 14.6. The molecule has 204 valence electrons. The van der Waals surface area contributed by atoms with Gasteiger partial charge < -0.3 is 15.0 Å². The van der Waals surface area contributed by atoms with E-state index in [4.69, 9.17) is 4.74 Å². The number of nitrogens with zero attached hydrogens (tertiary/aromatic N) is 2. The molecule has 2 aromatic carbocycles. The van der Waals surface area contributed by atoms with E-state index in [0.29, 0.717) is 30.8 Å². The van der Waals surface area contributed by atoms with Gasteiger partial charge in [-0.25, -0.2) is 8.42 Å². The summed E-state index contributed by atoms with van der Waals surface area (Å²) < 4.78 is 31.6. The SMILES string of the molecule is CCCCNC(=O)C(CC)N(Cc1cccc(OC)c1)C(=O)CCCN(c1cccc(C)c1)S(C)(=O)=O. The summed E-state index contributed by atoms with van der Waals surface area (Å²) in [6, 6.07) is 14.1. The first-order chi connectivity index (χ1) is 17.6. The van der Waals surface area contributed by atoms with Crippen LogP contribution in [0.2, 0.25) is 0 Å². The minimum atomic E-state index is -3.53. The van der Waals surface area contributed by atoms with Crippen LogP contribution < -0.4 is 14.4 Å². The first kappa shape index (κ1) is 30.2. The van der Waals surface area contributed by atoms with E-state index in [0.717, 1.165) is 24.0 Å². The van der Waals surface area contributed by atoms with Crippen molar-refractivity contribution in [3.63, 3.8) is 0 Å². The quantitative estimate of drug-likeness (QED) is 0.346. The van der Waals surface area contributed by atoms with Gasteiger partial charge >= 0.3 is 0 Å². The Hall–Kier alpha value is -3.07. The van der Waals surface area contributed by atoms with Crippen LogP contribution >= 0.6 is 0 Å². The van der Waals surface area contributed by atoms with Crippen LogP contribution in [0.3, 0.4) is 0 Å². The number of benzene rings is 2. The van der Waals surface area contributed by atoms with Crippen molar-refractivity contribution in [3.8, 4) is 5.75 Å². The molecule has 0 aliphatic heterocycles. The molecule has 8 nitrogen and oxygen atoms in total. The molecule has 0 heterocycles. The Balaban J connectivity index is 2.22. The standard InChI is InChI=1S/C28H41N3O5S/c1-6-8-17-29-28(33)26(7-2)30(21-23-13-10-15-25(20-23)36-4)27(32)16-11-18-31(37(5,34)35)24-14-9-12-22(3)19-24/h9-10,12-15,19-20,26H,6-8,11,16-18,21H2,1-5H3,(H,29,33). The van der Waals surface area contributed by atoms with E-state index in [-0.39, 0.29) is 31.3 Å². The maximum atomic E-state index is 13.5. The molecule has 37 heavy (non-hydrogen) atoms. The summed E-state index contributed by atoms with van der Waals surface area (Å²) in [5.41, 5.74) is 2.38. The first-order valence-electron chi connectivity index (χ1n) is 12.8. The fraction of sp³-hybridized carbons (Fsp3) is 0.500. The summed E-state index contributed by atoms with van der Waals surface area (Å²) >= 11 is 0. The Kier molecular flexibility index (Phi) is 11.9. The molecule has 0 bridgehead atoms. The van der Waals surface area contributed by atoms with Crippen molar-refractivity contribution >= 4 is 27.5 Å². The van der Waals surface area contributed by atoms with Crippen LogP contribution in [0.1, 0.15) is 57.1 Å². The fourth-order valence-electron chi connectivity index (χ4n) is 4.18. The summed E-state index contributed by atoms with van der Waals surface area (Å²) in [5.74, 6) is 0.301. The number of nitrogens with one attached hydrogen (secondary N) is 1. The largest absolute Gasteiger partial charge is 0.497 e. The van der Waals surface area contributed by atoms with Crippen molar-refractivity contribution < 1.29 is 22.7 Å². The van der Waals surface area contributed by atoms with Gasteiger partial charge in [0.15, 0.2) is 0 Å². The molecule has 2 rings (SSSR count). The summed E-state index contributed by atoms with van der Waals surface area (Å²) in [5, 5.41) is 2.95. The number of methoxy groups -OCH3 is 1. The molecule has 0 aliphatic rings. The molecule has 0 aliphatic carbocycles. The number of hydrogen-bond acceptors (Lipinski definition) is 5. The Morgan fingerprint density at radius 3 is 2.41 bits per heavy atom. The Labute approximate surface area is 222 Å². The highest BCUT2D eigenvalue weighted by molar-refractivity contribution is 7.92. The number of aryl methyl sites for hydroxylation is 1. The number of rotatable bonds is 15. The smallest absolute Gasteiger partial charge is 0.242 e. The molecule has 0 spiro atoms. The predicted octanol–water partition coefficient (Wildman–Crippen LogP) is 4.27. The van der Waals surface area contributed by atoms with Crippen LogP contribution in [0, 0.1) is 6.92 Å². The van der Waals surface area contributed by atoms with Gasteiger partial charge in [0.1, 0.15) is 11.8 Å². The Morgan fingerprint density at radius 2 is 1.78 bits per heavy atom. The van der Waals surface area contributed by atoms with Gasteiger partial charge in [-0.05, 0) is 61.6 Å². The second-order valence-electron chi connectivity index (χ2n) is 9.22. The van der Waals surface area contributed by atoms with Crippen LogP contribution in [0.15, 0.2) is 48.5 Å². The van der Waals surface area contributed by atoms with E-state index in [2.05, 4.69) is 12.2 Å². The van der Waals surface area contributed by atoms with Crippen LogP contribution in [0.5, 0.6) is 5.75 Å². The lowest BCUT2D eigenvalue weighted by Crippen LogP contribution is -2.49. The van der Waals surface area contributed by atoms with Crippen molar-refractivity contribution in [2.24, 2.45) is 0 Å². The van der Waals surface area contributed by atoms with Crippen LogP contribution in [-0.2, 0) is 26.2 Å². The number of anilines is 1. The van der Waals surface area contributed by atoms with Crippen molar-refractivity contribution in [1.29, 1.82) is 0 Å². The van der Waals surface area contributed by atoms with Gasteiger partial charge in [-0.15, -0.1) is 0 Å². The van der Waals surface area contributed by atoms with Gasteiger partial charge in [-0.3, -0.25) is 13.9 Å². The summed E-state index contributed by atoms with van der Waals surface area (Å²) in [4.78, 5) is 28.1. The monoisotopic (exact) mass is 531 g/mol. The van der Waals surface area contributed by atoms with Crippen molar-refractivity contribution in [3.05, 3.63) is 59.7 Å². The van der Waals surface area contributed by atoms with Gasteiger partial charge in [0.25, 0.3) is 0 Å². The summed E-state index contributed by atoms with van der Waals surface area (Å²) in [6.45, 7) is 6.83. The Bertz CT molecular complexity index is 1140. The molecule has 0 saturated heterocycles. The summed E-state index contributed by atoms with van der Waals surface area (Å²) in [7, 11) is -1.94. The van der Waals surface area contributed by atoms with Crippen molar-refractivity contribution in [1.82, 2.24) is 10.2 Å². The molecule has 9 heteroatoms. The van der Waals surface area contributed by atoms with Crippen LogP contribution in [-0.4, -0.2) is 57.6 Å². The highest BCUT2D eigenvalue weighted by atomic mass is 32.2. The maximum absolute atomic E-state index is 13.5. The Morgan fingerprint density at radius 1 is 1.05 bits per heavy atom. The van der Waals surface area contributed by atoms with Gasteiger partial charge in [0, 0.05) is 26.1 Å². The van der Waals surface area contributed by atoms with Crippen LogP contribution in [0.4, 0.5) is 5.69 Å². The van der Waals surface area contributed by atoms with Crippen molar-refractivity contribution in [2.75, 3.05) is 30.8 Å². The topological polar surface area (TPSA) is 96.0 Å². The van der Waals surface area contributed by atoms with Gasteiger partial charge in [0.2, 0.25) is 21.8 Å². The zero-order valence-electron chi connectivity index (χ0n) is 22.7. The molecule has 0 saturated carbocycles. The minimum Gasteiger partial charge on any atom is -0.497 e. The normalized spacial score (nSPS) is 12.0. The molecular weight excluding hydrogens is 490 g/mol. The second-order valence-corrected chi connectivity index (χ2v) is 11.1. The van der Waals surface area contributed by atoms with E-state index in [9.17, 15) is 18.0 Å². The fourth-order valence-corrected chi connectivity index (χ4v) is 5.14. The zero-order valence-corrected chi connectivity index (χ0v) is 23.5. The average Bonchev–Trinajstić information content (AvgIpc) is 2.85. The number of ether oxygens (including phenoxy) is 1. The predicted molar refractivity (Wildman–Crippen MR) is 148 cm³/mol. The highest BCUT2D eigenvalue weighted by Gasteiger charge is 2.28. The number of sulfonamides is 1. The van der Waals surface area contributed by atoms with Crippen LogP contribution in [0.25, 0.3) is 0 Å². The lowest BCUT2D eigenvalue weighted by atomic mass is 10.1.